The van der Waals surface area contributed by atoms with Crippen molar-refractivity contribution in [2.24, 2.45) is 5.73 Å². The van der Waals surface area contributed by atoms with Crippen LogP contribution in [0.3, 0.4) is 0 Å². The van der Waals surface area contributed by atoms with Crippen molar-refractivity contribution in [3.63, 3.8) is 0 Å². The molecule has 1 aromatic carbocycles. The van der Waals surface area contributed by atoms with Crippen LogP contribution >= 0.6 is 0 Å². The Balaban J connectivity index is 2.43. The van der Waals surface area contributed by atoms with E-state index in [0.717, 1.165) is 19.2 Å². The largest absolute Gasteiger partial charge is 0.507 e. The van der Waals surface area contributed by atoms with Gasteiger partial charge in [0.25, 0.3) is 5.92 Å². The summed E-state index contributed by atoms with van der Waals surface area (Å²) < 4.78 is 30.6. The second kappa shape index (κ2) is 3.40. The zero-order valence-electron chi connectivity index (χ0n) is 9.04. The molecule has 4 nitrogen and oxygen atoms in total. The van der Waals surface area contributed by atoms with E-state index in [9.17, 15) is 18.7 Å². The van der Waals surface area contributed by atoms with E-state index in [0.29, 0.717) is 0 Å². The van der Waals surface area contributed by atoms with Crippen LogP contribution < -0.4 is 5.73 Å². The van der Waals surface area contributed by atoms with Gasteiger partial charge in [-0.1, -0.05) is 6.07 Å². The van der Waals surface area contributed by atoms with Gasteiger partial charge in [-0.05, 0) is 17.7 Å². The molecule has 0 heterocycles. The normalized spacial score (nSPS) is 25.4. The predicted molar refractivity (Wildman–Crippen MR) is 54.9 cm³/mol. The first kappa shape index (κ1) is 11.8. The van der Waals surface area contributed by atoms with Crippen LogP contribution in [0, 0.1) is 0 Å². The van der Waals surface area contributed by atoms with E-state index in [1.54, 1.807) is 0 Å². The maximum absolute atomic E-state index is 13.1. The first-order valence-electron chi connectivity index (χ1n) is 4.90. The number of ether oxygens (including phenoxy) is 1. The highest BCUT2D eigenvalue weighted by Gasteiger charge is 2.70. The standard InChI is InChI=1S/C11H11F2NO3/c1-17-9(16)7-4-6(2-3-8(7)15)10(14)5-11(10,12)13/h2-4,15H,5,14H2,1H3. The molecule has 92 valence electrons. The highest BCUT2D eigenvalue weighted by molar-refractivity contribution is 5.92. The van der Waals surface area contributed by atoms with Crippen molar-refractivity contribution < 1.29 is 23.4 Å². The number of hydrogen-bond donors (Lipinski definition) is 2. The summed E-state index contributed by atoms with van der Waals surface area (Å²) in [5.74, 6) is -4.10. The number of aromatic hydroxyl groups is 1. The van der Waals surface area contributed by atoms with Gasteiger partial charge in [-0.2, -0.15) is 0 Å². The number of esters is 1. The second-order valence-corrected chi connectivity index (χ2v) is 4.08. The molecule has 0 aliphatic heterocycles. The summed E-state index contributed by atoms with van der Waals surface area (Å²) in [5, 5.41) is 9.42. The molecule has 0 saturated heterocycles. The SMILES string of the molecule is COC(=O)c1cc(C2(N)CC2(F)F)ccc1O. The molecule has 17 heavy (non-hydrogen) atoms. The third-order valence-electron chi connectivity index (χ3n) is 2.95. The number of benzene rings is 1. The fourth-order valence-electron chi connectivity index (χ4n) is 1.71. The lowest BCUT2D eigenvalue weighted by atomic mass is 10.0. The van der Waals surface area contributed by atoms with Crippen LogP contribution in [0.1, 0.15) is 22.3 Å². The van der Waals surface area contributed by atoms with Crippen LogP contribution in [0.4, 0.5) is 8.78 Å². The van der Waals surface area contributed by atoms with Gasteiger partial charge in [-0.3, -0.25) is 0 Å². The van der Waals surface area contributed by atoms with Crippen molar-refractivity contribution in [1.29, 1.82) is 0 Å². The van der Waals surface area contributed by atoms with Gasteiger partial charge in [-0.15, -0.1) is 0 Å². The van der Waals surface area contributed by atoms with Crippen molar-refractivity contribution in [2.45, 2.75) is 17.9 Å². The molecule has 1 aromatic rings. The monoisotopic (exact) mass is 243 g/mol. The van der Waals surface area contributed by atoms with E-state index >= 15 is 0 Å². The number of alkyl halides is 2. The quantitative estimate of drug-likeness (QED) is 0.769. The Labute approximate surface area is 96.0 Å². The Bertz CT molecular complexity index is 490. The summed E-state index contributed by atoms with van der Waals surface area (Å²) in [6.07, 6.45) is -0.467. The summed E-state index contributed by atoms with van der Waals surface area (Å²) in [6, 6.07) is 3.58. The van der Waals surface area contributed by atoms with Crippen LogP contribution in [0.2, 0.25) is 0 Å². The first-order valence-corrected chi connectivity index (χ1v) is 4.90. The molecule has 2 rings (SSSR count). The van der Waals surface area contributed by atoms with E-state index in [4.69, 9.17) is 5.73 Å². The lowest BCUT2D eigenvalue weighted by Crippen LogP contribution is -2.27. The smallest absolute Gasteiger partial charge is 0.341 e. The van der Waals surface area contributed by atoms with Gasteiger partial charge in [0.15, 0.2) is 0 Å². The molecule has 6 heteroatoms. The third kappa shape index (κ3) is 1.64. The molecular formula is C11H11F2NO3. The molecule has 1 aliphatic carbocycles. The maximum Gasteiger partial charge on any atom is 0.341 e. The Hall–Kier alpha value is -1.69. The molecule has 1 saturated carbocycles. The molecule has 3 N–H and O–H groups in total. The van der Waals surface area contributed by atoms with Gasteiger partial charge in [0, 0.05) is 6.42 Å². The fraction of sp³-hybridized carbons (Fsp3) is 0.364. The molecule has 1 aliphatic rings. The average Bonchev–Trinajstić information content (AvgIpc) is 2.79. The van der Waals surface area contributed by atoms with Gasteiger partial charge in [-0.25, -0.2) is 13.6 Å². The highest BCUT2D eigenvalue weighted by atomic mass is 19.3. The van der Waals surface area contributed by atoms with Crippen molar-refractivity contribution in [1.82, 2.24) is 0 Å². The summed E-state index contributed by atoms with van der Waals surface area (Å²) in [6.45, 7) is 0. The number of phenolic OH excluding ortho intramolecular Hbond substituents is 1. The van der Waals surface area contributed by atoms with E-state index in [1.807, 2.05) is 0 Å². The van der Waals surface area contributed by atoms with E-state index in [1.165, 1.54) is 6.07 Å². The highest BCUT2D eigenvalue weighted by Crippen LogP contribution is 2.57. The van der Waals surface area contributed by atoms with Gasteiger partial charge in [0.05, 0.1) is 7.11 Å². The Morgan fingerprint density at radius 2 is 2.12 bits per heavy atom. The van der Waals surface area contributed by atoms with E-state index < -0.39 is 23.9 Å². The number of rotatable bonds is 2. The Morgan fingerprint density at radius 1 is 1.53 bits per heavy atom. The minimum absolute atomic E-state index is 0.112. The summed E-state index contributed by atoms with van der Waals surface area (Å²) >= 11 is 0. The molecule has 0 spiro atoms. The minimum atomic E-state index is -2.97. The number of nitrogens with two attached hydrogens (primary N) is 1. The fourth-order valence-corrected chi connectivity index (χ4v) is 1.71. The van der Waals surface area contributed by atoms with Crippen molar-refractivity contribution in [3.8, 4) is 5.75 Å². The Kier molecular flexibility index (Phi) is 2.36. The number of carbonyl (C=O) groups excluding carboxylic acids is 1. The Morgan fingerprint density at radius 3 is 2.59 bits per heavy atom. The average molecular weight is 243 g/mol. The zero-order chi connectivity index (χ0) is 12.8. The van der Waals surface area contributed by atoms with Gasteiger partial charge in [0.1, 0.15) is 16.9 Å². The third-order valence-corrected chi connectivity index (χ3v) is 2.95. The van der Waals surface area contributed by atoms with Gasteiger partial charge < -0.3 is 15.6 Å². The van der Waals surface area contributed by atoms with Crippen molar-refractivity contribution in [3.05, 3.63) is 29.3 Å². The predicted octanol–water partition coefficient (Wildman–Crippen LogP) is 1.37. The lowest BCUT2D eigenvalue weighted by molar-refractivity contribution is 0.0596. The molecule has 1 unspecified atom stereocenters. The van der Waals surface area contributed by atoms with Crippen molar-refractivity contribution >= 4 is 5.97 Å². The van der Waals surface area contributed by atoms with Gasteiger partial charge in [0.2, 0.25) is 0 Å². The molecule has 0 bridgehead atoms. The first-order chi connectivity index (χ1) is 7.82. The van der Waals surface area contributed by atoms with Crippen LogP contribution in [0.25, 0.3) is 0 Å². The maximum atomic E-state index is 13.1. The van der Waals surface area contributed by atoms with Crippen molar-refractivity contribution in [2.75, 3.05) is 7.11 Å². The van der Waals surface area contributed by atoms with Crippen LogP contribution in [0.15, 0.2) is 18.2 Å². The van der Waals surface area contributed by atoms with Crippen LogP contribution in [0.5, 0.6) is 5.75 Å². The molecular weight excluding hydrogens is 232 g/mol. The number of phenols is 1. The number of hydrogen-bond acceptors (Lipinski definition) is 4. The van der Waals surface area contributed by atoms with Crippen LogP contribution in [-0.2, 0) is 10.3 Å². The summed E-state index contributed by atoms with van der Waals surface area (Å²) in [5.41, 5.74) is 3.72. The molecule has 1 atom stereocenters. The molecule has 0 aromatic heterocycles. The number of halogens is 2. The lowest BCUT2D eigenvalue weighted by Gasteiger charge is -2.12. The molecule has 0 radical (unpaired) electrons. The number of carbonyl (C=O) groups is 1. The van der Waals surface area contributed by atoms with Gasteiger partial charge >= 0.3 is 5.97 Å². The summed E-state index contributed by atoms with van der Waals surface area (Å²) in [4.78, 5) is 11.3. The molecule has 1 fully saturated rings. The van der Waals surface area contributed by atoms with Crippen LogP contribution in [-0.4, -0.2) is 24.1 Å². The zero-order valence-corrected chi connectivity index (χ0v) is 9.04. The van der Waals surface area contributed by atoms with E-state index in [2.05, 4.69) is 4.74 Å². The second-order valence-electron chi connectivity index (χ2n) is 4.08. The van der Waals surface area contributed by atoms with E-state index in [-0.39, 0.29) is 16.9 Å². The number of methoxy groups -OCH3 is 1. The molecule has 0 amide bonds. The summed E-state index contributed by atoms with van der Waals surface area (Å²) in [7, 11) is 1.14. The topological polar surface area (TPSA) is 72.5 Å². The minimum Gasteiger partial charge on any atom is -0.507 e.